The lowest BCUT2D eigenvalue weighted by Crippen LogP contribution is -1.92. The van der Waals surface area contributed by atoms with Crippen LogP contribution >= 0.6 is 0 Å². The molecule has 0 saturated carbocycles. The van der Waals surface area contributed by atoms with Crippen LogP contribution in [0.3, 0.4) is 0 Å². The van der Waals surface area contributed by atoms with Crippen LogP contribution in [0, 0.1) is 0 Å². The van der Waals surface area contributed by atoms with Gasteiger partial charge in [-0.1, -0.05) is 95.9 Å². The lowest BCUT2D eigenvalue weighted by molar-refractivity contribution is 0.359. The molecule has 1 nitrogen and oxygen atoms in total. The van der Waals surface area contributed by atoms with Gasteiger partial charge in [-0.15, -0.1) is 0 Å². The Morgan fingerprint density at radius 3 is 2.09 bits per heavy atom. The molecule has 0 aliphatic carbocycles. The second-order valence-electron chi connectivity index (χ2n) is 6.71. The largest absolute Gasteiger partial charge is 0.369 e. The highest BCUT2D eigenvalue weighted by Crippen LogP contribution is 2.30. The standard InChI is InChI=1S/C21H38O/c1-3-5-7-8-9-10-11-12-13-14-15-17-19-21-20(22-21)18-16-6-4-2/h13-15,17,20-21H,3-12,16,18-19H2,1-2H3/b14-13+,17-15-. The molecule has 1 heteroatoms. The average Bonchev–Trinajstić information content (AvgIpc) is 3.27. The fourth-order valence-electron chi connectivity index (χ4n) is 2.92. The summed E-state index contributed by atoms with van der Waals surface area (Å²) in [5.74, 6) is 0. The zero-order valence-electron chi connectivity index (χ0n) is 15.1. The van der Waals surface area contributed by atoms with Gasteiger partial charge in [0.2, 0.25) is 0 Å². The van der Waals surface area contributed by atoms with Crippen molar-refractivity contribution in [2.45, 2.75) is 110 Å². The number of unbranched alkanes of at least 4 members (excludes halogenated alkanes) is 9. The van der Waals surface area contributed by atoms with Crippen LogP contribution in [0.5, 0.6) is 0 Å². The summed E-state index contributed by atoms with van der Waals surface area (Å²) in [6, 6.07) is 0. The van der Waals surface area contributed by atoms with Crippen LogP contribution in [0.4, 0.5) is 0 Å². The van der Waals surface area contributed by atoms with E-state index >= 15 is 0 Å². The van der Waals surface area contributed by atoms with Gasteiger partial charge in [0.15, 0.2) is 0 Å². The van der Waals surface area contributed by atoms with Crippen LogP contribution in [0.25, 0.3) is 0 Å². The van der Waals surface area contributed by atoms with Crippen LogP contribution in [0.1, 0.15) is 97.3 Å². The number of rotatable bonds is 15. The molecule has 0 aromatic rings. The van der Waals surface area contributed by atoms with Crippen molar-refractivity contribution in [2.24, 2.45) is 0 Å². The molecule has 0 aromatic heterocycles. The number of hydrogen-bond acceptors (Lipinski definition) is 1. The Kier molecular flexibility index (Phi) is 12.5. The highest BCUT2D eigenvalue weighted by molar-refractivity contribution is 5.04. The highest BCUT2D eigenvalue weighted by Gasteiger charge is 2.36. The Labute approximate surface area is 139 Å². The molecule has 1 fully saturated rings. The first-order valence-corrected chi connectivity index (χ1v) is 9.85. The van der Waals surface area contributed by atoms with Crippen LogP contribution in [0.15, 0.2) is 24.3 Å². The molecule has 0 radical (unpaired) electrons. The zero-order valence-corrected chi connectivity index (χ0v) is 15.1. The summed E-state index contributed by atoms with van der Waals surface area (Å²) in [5.41, 5.74) is 0. The molecule has 1 aliphatic heterocycles. The first kappa shape index (κ1) is 19.5. The van der Waals surface area contributed by atoms with Crippen molar-refractivity contribution >= 4 is 0 Å². The maximum Gasteiger partial charge on any atom is 0.0876 e. The predicted molar refractivity (Wildman–Crippen MR) is 98.3 cm³/mol. The van der Waals surface area contributed by atoms with E-state index in [2.05, 4.69) is 38.2 Å². The SMILES string of the molecule is CCCCCCCCC/C=C/C=C\CC1OC1CCCCC. The molecule has 0 spiro atoms. The number of hydrogen-bond donors (Lipinski definition) is 0. The third kappa shape index (κ3) is 11.1. The minimum Gasteiger partial charge on any atom is -0.369 e. The first-order valence-electron chi connectivity index (χ1n) is 9.85. The van der Waals surface area contributed by atoms with Gasteiger partial charge in [0.05, 0.1) is 12.2 Å². The molecule has 0 N–H and O–H groups in total. The van der Waals surface area contributed by atoms with E-state index in [9.17, 15) is 0 Å². The van der Waals surface area contributed by atoms with Crippen molar-refractivity contribution in [3.8, 4) is 0 Å². The summed E-state index contributed by atoms with van der Waals surface area (Å²) in [4.78, 5) is 0. The highest BCUT2D eigenvalue weighted by atomic mass is 16.6. The topological polar surface area (TPSA) is 12.5 Å². The monoisotopic (exact) mass is 306 g/mol. The van der Waals surface area contributed by atoms with E-state index in [-0.39, 0.29) is 0 Å². The number of allylic oxidation sites excluding steroid dienone is 3. The molecule has 0 bridgehead atoms. The van der Waals surface area contributed by atoms with Crippen molar-refractivity contribution in [3.63, 3.8) is 0 Å². The lowest BCUT2D eigenvalue weighted by Gasteiger charge is -1.98. The third-order valence-corrected chi connectivity index (χ3v) is 4.51. The lowest BCUT2D eigenvalue weighted by atomic mass is 10.1. The quantitative estimate of drug-likeness (QED) is 0.181. The summed E-state index contributed by atoms with van der Waals surface area (Å²) in [6.45, 7) is 4.53. The van der Waals surface area contributed by atoms with E-state index in [0.717, 1.165) is 6.42 Å². The van der Waals surface area contributed by atoms with Gasteiger partial charge in [0.25, 0.3) is 0 Å². The van der Waals surface area contributed by atoms with Crippen molar-refractivity contribution in [1.82, 2.24) is 0 Å². The summed E-state index contributed by atoms with van der Waals surface area (Å²) in [6.07, 6.45) is 27.4. The molecule has 0 amide bonds. The fourth-order valence-corrected chi connectivity index (χ4v) is 2.92. The van der Waals surface area contributed by atoms with E-state index in [4.69, 9.17) is 4.74 Å². The van der Waals surface area contributed by atoms with Crippen molar-refractivity contribution in [1.29, 1.82) is 0 Å². The second kappa shape index (κ2) is 14.1. The summed E-state index contributed by atoms with van der Waals surface area (Å²) in [5, 5.41) is 0. The van der Waals surface area contributed by atoms with E-state index < -0.39 is 0 Å². The Morgan fingerprint density at radius 1 is 0.682 bits per heavy atom. The second-order valence-corrected chi connectivity index (χ2v) is 6.71. The van der Waals surface area contributed by atoms with E-state index in [1.54, 1.807) is 0 Å². The Bertz CT molecular complexity index is 292. The summed E-state index contributed by atoms with van der Waals surface area (Å²) >= 11 is 0. The molecular weight excluding hydrogens is 268 g/mol. The smallest absolute Gasteiger partial charge is 0.0876 e. The summed E-state index contributed by atoms with van der Waals surface area (Å²) < 4.78 is 5.69. The Balaban J connectivity index is 1.83. The van der Waals surface area contributed by atoms with Gasteiger partial charge in [-0.05, 0) is 25.7 Å². The minimum atomic E-state index is 0.518. The van der Waals surface area contributed by atoms with Gasteiger partial charge in [-0.3, -0.25) is 0 Å². The molecule has 2 unspecified atom stereocenters. The van der Waals surface area contributed by atoms with Crippen LogP contribution in [0.2, 0.25) is 0 Å². The molecule has 128 valence electrons. The van der Waals surface area contributed by atoms with E-state index in [1.807, 2.05) is 0 Å². The molecule has 22 heavy (non-hydrogen) atoms. The van der Waals surface area contributed by atoms with Gasteiger partial charge in [-0.25, -0.2) is 0 Å². The molecule has 1 rings (SSSR count). The van der Waals surface area contributed by atoms with Gasteiger partial charge >= 0.3 is 0 Å². The predicted octanol–water partition coefficient (Wildman–Crippen LogP) is 6.98. The molecular formula is C21H38O. The van der Waals surface area contributed by atoms with Crippen molar-refractivity contribution in [2.75, 3.05) is 0 Å². The van der Waals surface area contributed by atoms with Gasteiger partial charge in [-0.2, -0.15) is 0 Å². The molecule has 0 aromatic carbocycles. The fraction of sp³-hybridized carbons (Fsp3) is 0.810. The minimum absolute atomic E-state index is 0.518. The Morgan fingerprint density at radius 2 is 1.32 bits per heavy atom. The molecule has 2 atom stereocenters. The molecule has 1 aliphatic rings. The van der Waals surface area contributed by atoms with Gasteiger partial charge in [0.1, 0.15) is 0 Å². The van der Waals surface area contributed by atoms with Crippen LogP contribution in [-0.4, -0.2) is 12.2 Å². The number of ether oxygens (including phenoxy) is 1. The van der Waals surface area contributed by atoms with E-state index in [1.165, 1.54) is 77.0 Å². The number of epoxide rings is 1. The third-order valence-electron chi connectivity index (χ3n) is 4.51. The molecule has 1 saturated heterocycles. The van der Waals surface area contributed by atoms with Gasteiger partial charge in [0, 0.05) is 0 Å². The maximum absolute atomic E-state index is 5.69. The normalized spacial score (nSPS) is 21.2. The van der Waals surface area contributed by atoms with Crippen LogP contribution < -0.4 is 0 Å². The molecule has 1 heterocycles. The van der Waals surface area contributed by atoms with Gasteiger partial charge < -0.3 is 4.74 Å². The first-order chi connectivity index (χ1) is 10.9. The maximum atomic E-state index is 5.69. The van der Waals surface area contributed by atoms with Crippen molar-refractivity contribution in [3.05, 3.63) is 24.3 Å². The average molecular weight is 307 g/mol. The Hall–Kier alpha value is -0.560. The van der Waals surface area contributed by atoms with Crippen LogP contribution in [-0.2, 0) is 4.74 Å². The summed E-state index contributed by atoms with van der Waals surface area (Å²) in [7, 11) is 0. The van der Waals surface area contributed by atoms with Crippen molar-refractivity contribution < 1.29 is 4.74 Å². The zero-order chi connectivity index (χ0) is 15.9. The van der Waals surface area contributed by atoms with E-state index in [0.29, 0.717) is 12.2 Å².